The maximum absolute atomic E-state index is 5.85. The van der Waals surface area contributed by atoms with Crippen molar-refractivity contribution in [3.63, 3.8) is 0 Å². The average molecular weight is 341 g/mol. The molecule has 1 aliphatic rings. The Bertz CT molecular complexity index is 683. The van der Waals surface area contributed by atoms with E-state index in [0.29, 0.717) is 5.95 Å². The monoisotopic (exact) mass is 341 g/mol. The summed E-state index contributed by atoms with van der Waals surface area (Å²) in [6.07, 6.45) is 1.92. The van der Waals surface area contributed by atoms with E-state index in [1.165, 1.54) is 0 Å². The van der Waals surface area contributed by atoms with Crippen molar-refractivity contribution < 1.29 is 4.74 Å². The lowest BCUT2D eigenvalue weighted by atomic mass is 10.3. The van der Waals surface area contributed by atoms with E-state index >= 15 is 0 Å². The molecule has 0 aliphatic carbocycles. The molecule has 0 radical (unpaired) electrons. The van der Waals surface area contributed by atoms with Crippen LogP contribution in [0.3, 0.4) is 0 Å². The summed E-state index contributed by atoms with van der Waals surface area (Å²) in [7, 11) is 0. The molecule has 1 aromatic carbocycles. The second kappa shape index (κ2) is 8.16. The maximum atomic E-state index is 5.85. The molecule has 1 aliphatic heterocycles. The number of aromatic nitrogens is 2. The van der Waals surface area contributed by atoms with E-state index in [1.54, 1.807) is 0 Å². The Hall–Kier alpha value is -2.34. The summed E-state index contributed by atoms with van der Waals surface area (Å²) >= 11 is 0. The average Bonchev–Trinajstić information content (AvgIpc) is 2.63. The number of para-hydroxylation sites is 2. The van der Waals surface area contributed by atoms with Crippen LogP contribution in [0.5, 0.6) is 5.75 Å². The molecule has 0 amide bonds. The number of ether oxygens (including phenoxy) is 1. The molecule has 3 rings (SSSR count). The molecule has 6 heteroatoms. The number of nitrogens with one attached hydrogen (secondary N) is 1. The van der Waals surface area contributed by atoms with E-state index in [2.05, 4.69) is 27.0 Å². The predicted octanol–water partition coefficient (Wildman–Crippen LogP) is 3.15. The molecule has 0 atom stereocenters. The molecule has 0 unspecified atom stereocenters. The highest BCUT2D eigenvalue weighted by Gasteiger charge is 2.17. The van der Waals surface area contributed by atoms with E-state index < -0.39 is 0 Å². The van der Waals surface area contributed by atoms with Gasteiger partial charge in [-0.25, -0.2) is 4.98 Å². The molecule has 1 fully saturated rings. The summed E-state index contributed by atoms with van der Waals surface area (Å²) in [5.74, 6) is 2.37. The standard InChI is InChI=1S/C19H27N5O/c1-4-23-11-13-24(14-12-23)18-9-10-20-19(22-18)21-16-7-5-6-8-17(16)25-15(2)3/h5-10,15H,4,11-14H2,1-3H3,(H,20,21,22). The minimum absolute atomic E-state index is 0.116. The van der Waals surface area contributed by atoms with Crippen molar-refractivity contribution in [2.45, 2.75) is 26.9 Å². The Balaban J connectivity index is 1.72. The SMILES string of the molecule is CCN1CCN(c2ccnc(Nc3ccccc3OC(C)C)n2)CC1. The highest BCUT2D eigenvalue weighted by Crippen LogP contribution is 2.27. The van der Waals surface area contributed by atoms with Gasteiger partial charge >= 0.3 is 0 Å². The summed E-state index contributed by atoms with van der Waals surface area (Å²) in [6, 6.07) is 9.85. The summed E-state index contributed by atoms with van der Waals surface area (Å²) in [5, 5.41) is 3.29. The fourth-order valence-corrected chi connectivity index (χ4v) is 2.93. The van der Waals surface area contributed by atoms with Crippen molar-refractivity contribution in [2.75, 3.05) is 42.9 Å². The third-order valence-electron chi connectivity index (χ3n) is 4.28. The van der Waals surface area contributed by atoms with Gasteiger partial charge in [0.05, 0.1) is 11.8 Å². The number of nitrogens with zero attached hydrogens (tertiary/aromatic N) is 4. The molecule has 6 nitrogen and oxygen atoms in total. The Morgan fingerprint density at radius 3 is 2.60 bits per heavy atom. The van der Waals surface area contributed by atoms with Crippen LogP contribution in [-0.4, -0.2) is 53.7 Å². The number of anilines is 3. The predicted molar refractivity (Wildman–Crippen MR) is 102 cm³/mol. The second-order valence-electron chi connectivity index (χ2n) is 6.45. The van der Waals surface area contributed by atoms with Gasteiger partial charge in [0, 0.05) is 32.4 Å². The van der Waals surface area contributed by atoms with E-state index in [-0.39, 0.29) is 6.10 Å². The van der Waals surface area contributed by atoms with Crippen molar-refractivity contribution >= 4 is 17.5 Å². The number of hydrogen-bond acceptors (Lipinski definition) is 6. The first-order valence-electron chi connectivity index (χ1n) is 8.98. The van der Waals surface area contributed by atoms with Gasteiger partial charge in [-0.2, -0.15) is 4.98 Å². The smallest absolute Gasteiger partial charge is 0.229 e. The summed E-state index contributed by atoms with van der Waals surface area (Å²) in [5.41, 5.74) is 0.879. The van der Waals surface area contributed by atoms with Gasteiger partial charge in [0.25, 0.3) is 0 Å². The zero-order chi connectivity index (χ0) is 17.6. The molecular formula is C19H27N5O. The molecule has 0 spiro atoms. The van der Waals surface area contributed by atoms with Crippen LogP contribution < -0.4 is 15.0 Å². The third kappa shape index (κ3) is 4.60. The molecule has 0 bridgehead atoms. The van der Waals surface area contributed by atoms with Crippen LogP contribution in [0.2, 0.25) is 0 Å². The molecule has 2 heterocycles. The summed E-state index contributed by atoms with van der Waals surface area (Å²) in [6.45, 7) is 11.5. The van der Waals surface area contributed by atoms with Crippen molar-refractivity contribution in [3.05, 3.63) is 36.5 Å². The van der Waals surface area contributed by atoms with Gasteiger partial charge in [0.15, 0.2) is 0 Å². The molecule has 1 aromatic heterocycles. The van der Waals surface area contributed by atoms with Crippen LogP contribution in [0, 0.1) is 0 Å². The van der Waals surface area contributed by atoms with Crippen molar-refractivity contribution in [1.82, 2.24) is 14.9 Å². The Morgan fingerprint density at radius 2 is 1.88 bits per heavy atom. The lowest BCUT2D eigenvalue weighted by Crippen LogP contribution is -2.46. The first-order chi connectivity index (χ1) is 12.2. The Kier molecular flexibility index (Phi) is 5.71. The first kappa shape index (κ1) is 17.5. The largest absolute Gasteiger partial charge is 0.489 e. The van der Waals surface area contributed by atoms with Crippen LogP contribution in [0.4, 0.5) is 17.5 Å². The van der Waals surface area contributed by atoms with Gasteiger partial charge in [-0.1, -0.05) is 19.1 Å². The fraction of sp³-hybridized carbons (Fsp3) is 0.474. The van der Waals surface area contributed by atoms with Gasteiger partial charge in [-0.15, -0.1) is 0 Å². The topological polar surface area (TPSA) is 53.5 Å². The highest BCUT2D eigenvalue weighted by atomic mass is 16.5. The van der Waals surface area contributed by atoms with E-state index in [4.69, 9.17) is 9.72 Å². The van der Waals surface area contributed by atoms with Gasteiger partial charge in [0.2, 0.25) is 5.95 Å². The molecule has 1 N–H and O–H groups in total. The van der Waals surface area contributed by atoms with E-state index in [9.17, 15) is 0 Å². The molecular weight excluding hydrogens is 314 g/mol. The van der Waals surface area contributed by atoms with Crippen LogP contribution in [0.25, 0.3) is 0 Å². The van der Waals surface area contributed by atoms with Crippen molar-refractivity contribution in [2.24, 2.45) is 0 Å². The van der Waals surface area contributed by atoms with E-state index in [0.717, 1.165) is 50.0 Å². The zero-order valence-electron chi connectivity index (χ0n) is 15.3. The van der Waals surface area contributed by atoms with Crippen molar-refractivity contribution in [1.29, 1.82) is 0 Å². The minimum Gasteiger partial charge on any atom is -0.489 e. The summed E-state index contributed by atoms with van der Waals surface area (Å²) in [4.78, 5) is 13.8. The van der Waals surface area contributed by atoms with Gasteiger partial charge in [-0.3, -0.25) is 0 Å². The number of likely N-dealkylation sites (N-methyl/N-ethyl adjacent to an activating group) is 1. The van der Waals surface area contributed by atoms with Crippen LogP contribution >= 0.6 is 0 Å². The van der Waals surface area contributed by atoms with Crippen LogP contribution in [-0.2, 0) is 0 Å². The quantitative estimate of drug-likeness (QED) is 0.871. The minimum atomic E-state index is 0.116. The normalized spacial score (nSPS) is 15.4. The molecule has 1 saturated heterocycles. The number of rotatable bonds is 6. The van der Waals surface area contributed by atoms with Gasteiger partial charge in [0.1, 0.15) is 11.6 Å². The summed E-state index contributed by atoms with van der Waals surface area (Å²) < 4.78 is 5.85. The lowest BCUT2D eigenvalue weighted by molar-refractivity contribution is 0.244. The first-order valence-corrected chi connectivity index (χ1v) is 8.98. The number of piperazine rings is 1. The highest BCUT2D eigenvalue weighted by molar-refractivity contribution is 5.63. The van der Waals surface area contributed by atoms with Crippen LogP contribution in [0.15, 0.2) is 36.5 Å². The Morgan fingerprint density at radius 1 is 1.12 bits per heavy atom. The molecule has 134 valence electrons. The van der Waals surface area contributed by atoms with Crippen molar-refractivity contribution in [3.8, 4) is 5.75 Å². The van der Waals surface area contributed by atoms with Gasteiger partial charge < -0.3 is 19.9 Å². The van der Waals surface area contributed by atoms with Crippen LogP contribution in [0.1, 0.15) is 20.8 Å². The second-order valence-corrected chi connectivity index (χ2v) is 6.45. The molecule has 2 aromatic rings. The fourth-order valence-electron chi connectivity index (χ4n) is 2.93. The number of hydrogen-bond donors (Lipinski definition) is 1. The molecule has 0 saturated carbocycles. The third-order valence-corrected chi connectivity index (χ3v) is 4.28. The van der Waals surface area contributed by atoms with Gasteiger partial charge in [-0.05, 0) is 38.6 Å². The number of benzene rings is 1. The Labute approximate surface area is 149 Å². The molecule has 25 heavy (non-hydrogen) atoms. The maximum Gasteiger partial charge on any atom is 0.229 e. The van der Waals surface area contributed by atoms with E-state index in [1.807, 2.05) is 50.4 Å². The zero-order valence-corrected chi connectivity index (χ0v) is 15.3. The lowest BCUT2D eigenvalue weighted by Gasteiger charge is -2.34.